The monoisotopic (exact) mass is 372 g/mol. The topological polar surface area (TPSA) is 89.7 Å². The van der Waals surface area contributed by atoms with E-state index >= 15 is 0 Å². The number of carbonyl (C=O) groups excluding carboxylic acids is 1. The Balaban J connectivity index is 1.50. The summed E-state index contributed by atoms with van der Waals surface area (Å²) in [6, 6.07) is 6.33. The smallest absolute Gasteiger partial charge is 0.231 e. The molecule has 0 radical (unpaired) electrons. The van der Waals surface area contributed by atoms with Gasteiger partial charge in [-0.2, -0.15) is 4.98 Å². The van der Waals surface area contributed by atoms with Crippen molar-refractivity contribution in [2.24, 2.45) is 5.92 Å². The van der Waals surface area contributed by atoms with Crippen LogP contribution in [0.25, 0.3) is 0 Å². The van der Waals surface area contributed by atoms with Gasteiger partial charge in [0.1, 0.15) is 12.4 Å². The van der Waals surface area contributed by atoms with Gasteiger partial charge in [-0.05, 0) is 17.2 Å². The lowest BCUT2D eigenvalue weighted by Crippen LogP contribution is -2.32. The number of carbonyl (C=O) groups is 1. The van der Waals surface area contributed by atoms with Gasteiger partial charge in [0.05, 0.1) is 18.4 Å². The molecule has 144 valence electrons. The normalized spacial score (nSPS) is 21.9. The fourth-order valence-electron chi connectivity index (χ4n) is 3.92. The van der Waals surface area contributed by atoms with E-state index in [0.717, 1.165) is 25.3 Å². The Kier molecular flexibility index (Phi) is 5.09. The highest BCUT2D eigenvalue weighted by molar-refractivity contribution is 5.80. The number of nitrogens with zero attached hydrogens (tertiary/aromatic N) is 3. The Morgan fingerprint density at radius 1 is 1.41 bits per heavy atom. The van der Waals surface area contributed by atoms with Gasteiger partial charge in [0.25, 0.3) is 0 Å². The van der Waals surface area contributed by atoms with Crippen molar-refractivity contribution in [3.63, 3.8) is 0 Å². The summed E-state index contributed by atoms with van der Waals surface area (Å²) in [4.78, 5) is 19.1. The molecule has 8 nitrogen and oxygen atoms in total. The minimum absolute atomic E-state index is 0.00338. The Hall–Kier alpha value is -2.45. The van der Waals surface area contributed by atoms with Crippen molar-refractivity contribution in [2.75, 3.05) is 33.9 Å². The maximum absolute atomic E-state index is 12.4. The summed E-state index contributed by atoms with van der Waals surface area (Å²) in [5.41, 5.74) is 2.48. The van der Waals surface area contributed by atoms with E-state index in [4.69, 9.17) is 14.0 Å². The van der Waals surface area contributed by atoms with Crippen LogP contribution in [0.2, 0.25) is 0 Å². The number of methoxy groups -OCH3 is 1. The van der Waals surface area contributed by atoms with Crippen LogP contribution in [0.4, 0.5) is 0 Å². The molecule has 0 bridgehead atoms. The van der Waals surface area contributed by atoms with Gasteiger partial charge in [-0.15, -0.1) is 0 Å². The largest absolute Gasteiger partial charge is 0.493 e. The average molecular weight is 372 g/mol. The van der Waals surface area contributed by atoms with Crippen molar-refractivity contribution < 1.29 is 18.8 Å². The second-order valence-electron chi connectivity index (χ2n) is 7.04. The van der Waals surface area contributed by atoms with E-state index in [1.807, 2.05) is 6.07 Å². The molecule has 1 N–H and O–H groups in total. The highest BCUT2D eigenvalue weighted by atomic mass is 16.5. The van der Waals surface area contributed by atoms with E-state index in [1.165, 1.54) is 11.1 Å². The molecule has 1 amide bonds. The number of hydrogen-bond acceptors (Lipinski definition) is 7. The van der Waals surface area contributed by atoms with Crippen molar-refractivity contribution in [3.8, 4) is 5.75 Å². The number of amides is 1. The number of ether oxygens (including phenoxy) is 2. The van der Waals surface area contributed by atoms with Gasteiger partial charge in [-0.3, -0.25) is 9.69 Å². The first-order valence-electron chi connectivity index (χ1n) is 9.18. The fraction of sp³-hybridized carbons (Fsp3) is 0.526. The van der Waals surface area contributed by atoms with Crippen LogP contribution in [0.5, 0.6) is 5.75 Å². The maximum atomic E-state index is 12.4. The lowest BCUT2D eigenvalue weighted by molar-refractivity contribution is -0.124. The van der Waals surface area contributed by atoms with Crippen LogP contribution in [0.15, 0.2) is 22.7 Å². The van der Waals surface area contributed by atoms with Gasteiger partial charge < -0.3 is 19.3 Å². The lowest BCUT2D eigenvalue weighted by atomic mass is 9.95. The van der Waals surface area contributed by atoms with Gasteiger partial charge in [0.15, 0.2) is 5.82 Å². The molecular formula is C19H24N4O4. The second kappa shape index (κ2) is 7.66. The highest BCUT2D eigenvalue weighted by Crippen LogP contribution is 2.34. The van der Waals surface area contributed by atoms with Crippen molar-refractivity contribution in [2.45, 2.75) is 25.5 Å². The van der Waals surface area contributed by atoms with Crippen LogP contribution in [0.3, 0.4) is 0 Å². The van der Waals surface area contributed by atoms with E-state index in [0.29, 0.717) is 31.4 Å². The molecule has 3 heterocycles. The number of rotatable bonds is 6. The third kappa shape index (κ3) is 3.68. The number of aromatic nitrogens is 2. The predicted octanol–water partition coefficient (Wildman–Crippen LogP) is 1.11. The summed E-state index contributed by atoms with van der Waals surface area (Å²) < 4.78 is 16.1. The number of likely N-dealkylation sites (tertiary alicyclic amines) is 1. The number of fused-ring (bicyclic) bond motifs is 1. The standard InChI is InChI=1S/C19H24N4O4/c1-20-18(24)14-9-23(8-12-3-4-16-13(7-12)5-6-26-16)10-15(14)19-21-17(11-25-2)22-27-19/h3-4,7,14-15H,5-6,8-11H2,1-2H3,(H,20,24)/t14-,15-/m1/s1. The van der Waals surface area contributed by atoms with E-state index < -0.39 is 0 Å². The van der Waals surface area contributed by atoms with Gasteiger partial charge in [0.2, 0.25) is 11.8 Å². The molecule has 27 heavy (non-hydrogen) atoms. The van der Waals surface area contributed by atoms with E-state index in [-0.39, 0.29) is 17.7 Å². The Morgan fingerprint density at radius 3 is 3.11 bits per heavy atom. The van der Waals surface area contributed by atoms with Crippen LogP contribution in [-0.2, 0) is 29.1 Å². The van der Waals surface area contributed by atoms with Crippen LogP contribution >= 0.6 is 0 Å². The zero-order valence-electron chi connectivity index (χ0n) is 15.6. The minimum Gasteiger partial charge on any atom is -0.493 e. The SMILES string of the molecule is CNC(=O)[C@@H]1CN(Cc2ccc3c(c2)CCO3)C[C@H]1c1nc(COC)no1. The molecule has 2 aliphatic rings. The molecule has 1 fully saturated rings. The predicted molar refractivity (Wildman–Crippen MR) is 96.2 cm³/mol. The zero-order valence-corrected chi connectivity index (χ0v) is 15.6. The van der Waals surface area contributed by atoms with Crippen LogP contribution in [0, 0.1) is 5.92 Å². The first kappa shape index (κ1) is 17.9. The first-order valence-corrected chi connectivity index (χ1v) is 9.18. The second-order valence-corrected chi connectivity index (χ2v) is 7.04. The summed E-state index contributed by atoms with van der Waals surface area (Å²) in [6.45, 7) is 3.17. The summed E-state index contributed by atoms with van der Waals surface area (Å²) in [6.07, 6.45) is 0.955. The molecule has 1 saturated heterocycles. The van der Waals surface area contributed by atoms with Gasteiger partial charge >= 0.3 is 0 Å². The molecular weight excluding hydrogens is 348 g/mol. The average Bonchev–Trinajstić information content (AvgIpc) is 3.40. The Labute approximate surface area is 157 Å². The van der Waals surface area contributed by atoms with E-state index in [2.05, 4.69) is 32.5 Å². The molecule has 0 saturated carbocycles. The highest BCUT2D eigenvalue weighted by Gasteiger charge is 2.41. The van der Waals surface area contributed by atoms with Gasteiger partial charge in [0, 0.05) is 40.2 Å². The minimum atomic E-state index is -0.219. The van der Waals surface area contributed by atoms with E-state index in [1.54, 1.807) is 14.2 Å². The molecule has 1 aromatic carbocycles. The Morgan fingerprint density at radius 2 is 2.30 bits per heavy atom. The fourth-order valence-corrected chi connectivity index (χ4v) is 3.92. The van der Waals surface area contributed by atoms with Crippen molar-refractivity contribution >= 4 is 5.91 Å². The van der Waals surface area contributed by atoms with E-state index in [9.17, 15) is 4.79 Å². The number of nitrogens with one attached hydrogen (secondary N) is 1. The molecule has 2 atom stereocenters. The third-order valence-electron chi connectivity index (χ3n) is 5.21. The summed E-state index contributed by atoms with van der Waals surface area (Å²) in [7, 11) is 3.25. The molecule has 1 aromatic heterocycles. The third-order valence-corrected chi connectivity index (χ3v) is 5.21. The first-order chi connectivity index (χ1) is 13.2. The molecule has 0 unspecified atom stereocenters. The van der Waals surface area contributed by atoms with Crippen molar-refractivity contribution in [1.29, 1.82) is 0 Å². The molecule has 0 spiro atoms. The van der Waals surface area contributed by atoms with Crippen molar-refractivity contribution in [3.05, 3.63) is 41.0 Å². The summed E-state index contributed by atoms with van der Waals surface area (Å²) in [5.74, 6) is 1.64. The van der Waals surface area contributed by atoms with Gasteiger partial charge in [-0.1, -0.05) is 17.3 Å². The zero-order chi connectivity index (χ0) is 18.8. The number of benzene rings is 1. The van der Waals surface area contributed by atoms with Crippen LogP contribution < -0.4 is 10.1 Å². The molecule has 4 rings (SSSR count). The number of hydrogen-bond donors (Lipinski definition) is 1. The molecule has 2 aliphatic heterocycles. The van der Waals surface area contributed by atoms with Gasteiger partial charge in [-0.25, -0.2) is 0 Å². The summed E-state index contributed by atoms with van der Waals surface area (Å²) in [5, 5.41) is 6.70. The quantitative estimate of drug-likeness (QED) is 0.812. The van der Waals surface area contributed by atoms with Crippen LogP contribution in [-0.4, -0.2) is 54.8 Å². The lowest BCUT2D eigenvalue weighted by Gasteiger charge is -2.16. The maximum Gasteiger partial charge on any atom is 0.231 e. The van der Waals surface area contributed by atoms with Crippen LogP contribution in [0.1, 0.15) is 28.8 Å². The summed E-state index contributed by atoms with van der Waals surface area (Å²) >= 11 is 0. The molecule has 0 aliphatic carbocycles. The Bertz CT molecular complexity index is 822. The molecule has 8 heteroatoms. The molecule has 2 aromatic rings. The van der Waals surface area contributed by atoms with Crippen molar-refractivity contribution in [1.82, 2.24) is 20.4 Å².